The van der Waals surface area contributed by atoms with Crippen LogP contribution >= 0.6 is 12.6 Å². The van der Waals surface area contributed by atoms with E-state index in [1.165, 1.54) is 0 Å². The summed E-state index contributed by atoms with van der Waals surface area (Å²) in [7, 11) is 0. The summed E-state index contributed by atoms with van der Waals surface area (Å²) >= 11 is 4.60. The Morgan fingerprint density at radius 1 is 0.857 bits per heavy atom. The van der Waals surface area contributed by atoms with Gasteiger partial charge in [-0.3, -0.25) is 0 Å². The number of hydrogen-bond acceptors (Lipinski definition) is 2. The van der Waals surface area contributed by atoms with Crippen LogP contribution in [0.5, 0.6) is 0 Å². The largest absolute Gasteiger partial charge is 0.376 e. The molecule has 0 spiro atoms. The van der Waals surface area contributed by atoms with Gasteiger partial charge >= 0.3 is 0 Å². The van der Waals surface area contributed by atoms with Crippen molar-refractivity contribution in [3.8, 4) is 0 Å². The normalized spacial score (nSPS) is 17.4. The van der Waals surface area contributed by atoms with Crippen molar-refractivity contribution in [3.05, 3.63) is 0 Å². The zero-order valence-electron chi connectivity index (χ0n) is 16.4. The molecular formula is C19H40OS. The van der Waals surface area contributed by atoms with E-state index in [2.05, 4.69) is 88.8 Å². The molecule has 1 nitrogen and oxygen atoms in total. The van der Waals surface area contributed by atoms with E-state index in [1.54, 1.807) is 0 Å². The van der Waals surface area contributed by atoms with Crippen molar-refractivity contribution in [2.45, 2.75) is 87.5 Å². The molecule has 0 bridgehead atoms. The number of ether oxygens (including phenoxy) is 1. The number of rotatable bonds is 8. The molecule has 0 aliphatic carbocycles. The van der Waals surface area contributed by atoms with Gasteiger partial charge in [0, 0.05) is 5.25 Å². The maximum atomic E-state index is 6.31. The smallest absolute Gasteiger partial charge is 0.0711 e. The standard InChI is InChI=1S/C19H40OS/c1-13(2)16(15(5)21)20-12-17(6,7)19(10,11)18(8,9)14(3)4/h13-16,21H,12H2,1-11H3. The molecule has 2 atom stereocenters. The van der Waals surface area contributed by atoms with E-state index < -0.39 is 0 Å². The summed E-state index contributed by atoms with van der Waals surface area (Å²) in [6.07, 6.45) is 0.213. The van der Waals surface area contributed by atoms with Gasteiger partial charge in [-0.1, -0.05) is 76.2 Å². The van der Waals surface area contributed by atoms with E-state index >= 15 is 0 Å². The quantitative estimate of drug-likeness (QED) is 0.534. The third kappa shape index (κ3) is 4.64. The van der Waals surface area contributed by atoms with E-state index in [4.69, 9.17) is 4.74 Å². The summed E-state index contributed by atoms with van der Waals surface area (Å²) in [5.41, 5.74) is 0.534. The Balaban J connectivity index is 5.13. The van der Waals surface area contributed by atoms with E-state index in [1.807, 2.05) is 0 Å². The van der Waals surface area contributed by atoms with Crippen LogP contribution in [-0.2, 0) is 4.74 Å². The van der Waals surface area contributed by atoms with Crippen LogP contribution in [0.1, 0.15) is 76.2 Å². The molecule has 0 aliphatic rings. The van der Waals surface area contributed by atoms with E-state index in [-0.39, 0.29) is 27.6 Å². The van der Waals surface area contributed by atoms with Gasteiger partial charge in [-0.15, -0.1) is 0 Å². The summed E-state index contributed by atoms with van der Waals surface area (Å²) in [6.45, 7) is 26.2. The van der Waals surface area contributed by atoms with Crippen molar-refractivity contribution in [1.29, 1.82) is 0 Å². The van der Waals surface area contributed by atoms with Gasteiger partial charge in [0.1, 0.15) is 0 Å². The fourth-order valence-corrected chi connectivity index (χ4v) is 3.40. The first kappa shape index (κ1) is 21.3. The summed E-state index contributed by atoms with van der Waals surface area (Å²) in [4.78, 5) is 0. The molecule has 0 N–H and O–H groups in total. The van der Waals surface area contributed by atoms with Gasteiger partial charge in [0.15, 0.2) is 0 Å². The predicted octanol–water partition coefficient (Wildman–Crippen LogP) is 6.08. The first-order chi connectivity index (χ1) is 9.18. The molecule has 2 unspecified atom stereocenters. The minimum Gasteiger partial charge on any atom is -0.376 e. The Hall–Kier alpha value is 0.310. The Morgan fingerprint density at radius 2 is 1.29 bits per heavy atom. The van der Waals surface area contributed by atoms with Gasteiger partial charge in [-0.2, -0.15) is 12.6 Å². The molecule has 0 fully saturated rings. The summed E-state index contributed by atoms with van der Waals surface area (Å²) in [5, 5.41) is 0.266. The van der Waals surface area contributed by atoms with Crippen molar-refractivity contribution in [2.75, 3.05) is 6.61 Å². The Bertz CT molecular complexity index is 306. The highest BCUT2D eigenvalue weighted by Crippen LogP contribution is 2.54. The molecule has 0 saturated heterocycles. The van der Waals surface area contributed by atoms with Gasteiger partial charge in [0.05, 0.1) is 12.7 Å². The molecule has 0 heterocycles. The Morgan fingerprint density at radius 3 is 1.57 bits per heavy atom. The second-order valence-corrected chi connectivity index (χ2v) is 9.96. The summed E-state index contributed by atoms with van der Waals surface area (Å²) in [6, 6.07) is 0. The number of hydrogen-bond donors (Lipinski definition) is 1. The SMILES string of the molecule is CC(C)C(OCC(C)(C)C(C)(C)C(C)(C)C(C)C)C(C)S. The highest BCUT2D eigenvalue weighted by molar-refractivity contribution is 7.81. The highest BCUT2D eigenvalue weighted by atomic mass is 32.1. The Kier molecular flexibility index (Phi) is 7.36. The van der Waals surface area contributed by atoms with Crippen molar-refractivity contribution >= 4 is 12.6 Å². The highest BCUT2D eigenvalue weighted by Gasteiger charge is 2.49. The van der Waals surface area contributed by atoms with E-state index in [0.717, 1.165) is 6.61 Å². The molecule has 0 radical (unpaired) electrons. The lowest BCUT2D eigenvalue weighted by atomic mass is 9.52. The van der Waals surface area contributed by atoms with Crippen molar-refractivity contribution < 1.29 is 4.74 Å². The Labute approximate surface area is 140 Å². The van der Waals surface area contributed by atoms with Crippen molar-refractivity contribution in [1.82, 2.24) is 0 Å². The molecule has 0 aromatic carbocycles. The molecule has 2 heteroatoms. The molecule has 0 rings (SSSR count). The third-order valence-corrected chi connectivity index (χ3v) is 6.81. The maximum absolute atomic E-state index is 6.31. The van der Waals surface area contributed by atoms with Crippen molar-refractivity contribution in [3.63, 3.8) is 0 Å². The van der Waals surface area contributed by atoms with Crippen LogP contribution < -0.4 is 0 Å². The molecule has 0 amide bonds. The van der Waals surface area contributed by atoms with E-state index in [9.17, 15) is 0 Å². The topological polar surface area (TPSA) is 9.23 Å². The van der Waals surface area contributed by atoms with Gasteiger partial charge in [-0.25, -0.2) is 0 Å². The van der Waals surface area contributed by atoms with Gasteiger partial charge in [0.2, 0.25) is 0 Å². The maximum Gasteiger partial charge on any atom is 0.0711 e. The van der Waals surface area contributed by atoms with Crippen LogP contribution in [-0.4, -0.2) is 18.0 Å². The molecule has 0 saturated carbocycles. The van der Waals surface area contributed by atoms with Gasteiger partial charge in [0.25, 0.3) is 0 Å². The zero-order valence-corrected chi connectivity index (χ0v) is 17.3. The number of thiol groups is 1. The first-order valence-electron chi connectivity index (χ1n) is 8.48. The lowest BCUT2D eigenvalue weighted by molar-refractivity contribution is -0.112. The average Bonchev–Trinajstić information content (AvgIpc) is 2.26. The summed E-state index contributed by atoms with van der Waals surface area (Å²) < 4.78 is 6.31. The van der Waals surface area contributed by atoms with Crippen LogP contribution in [0.2, 0.25) is 0 Å². The van der Waals surface area contributed by atoms with Crippen LogP contribution in [0.4, 0.5) is 0 Å². The second-order valence-electron chi connectivity index (χ2n) is 9.15. The van der Waals surface area contributed by atoms with Crippen LogP contribution in [0, 0.1) is 28.1 Å². The van der Waals surface area contributed by atoms with Crippen molar-refractivity contribution in [2.24, 2.45) is 28.1 Å². The van der Waals surface area contributed by atoms with Crippen LogP contribution in [0.15, 0.2) is 0 Å². The monoisotopic (exact) mass is 316 g/mol. The second kappa shape index (κ2) is 7.25. The minimum absolute atomic E-state index is 0.108. The third-order valence-electron chi connectivity index (χ3n) is 6.52. The van der Waals surface area contributed by atoms with Crippen LogP contribution in [0.25, 0.3) is 0 Å². The molecule has 21 heavy (non-hydrogen) atoms. The fraction of sp³-hybridized carbons (Fsp3) is 1.00. The van der Waals surface area contributed by atoms with E-state index in [0.29, 0.717) is 11.8 Å². The predicted molar refractivity (Wildman–Crippen MR) is 99.2 cm³/mol. The minimum atomic E-state index is 0.108. The zero-order chi connectivity index (χ0) is 17.2. The first-order valence-corrected chi connectivity index (χ1v) is 8.99. The van der Waals surface area contributed by atoms with Gasteiger partial charge < -0.3 is 4.74 Å². The lowest BCUT2D eigenvalue weighted by Crippen LogP contribution is -2.50. The molecular weight excluding hydrogens is 276 g/mol. The fourth-order valence-electron chi connectivity index (χ4n) is 2.97. The summed E-state index contributed by atoms with van der Waals surface area (Å²) in [5.74, 6) is 1.13. The van der Waals surface area contributed by atoms with Crippen LogP contribution in [0.3, 0.4) is 0 Å². The average molecular weight is 317 g/mol. The molecule has 0 aliphatic heterocycles. The lowest BCUT2D eigenvalue weighted by Gasteiger charge is -2.54. The molecule has 0 aromatic rings. The van der Waals surface area contributed by atoms with Gasteiger partial charge in [-0.05, 0) is 28.1 Å². The molecule has 0 aromatic heterocycles. The molecule has 128 valence electrons.